The van der Waals surface area contributed by atoms with Crippen molar-refractivity contribution in [1.82, 2.24) is 4.57 Å². The molecule has 7 heteroatoms. The lowest BCUT2D eigenvalue weighted by molar-refractivity contribution is -0.384. The molecular formula is C27H38N2O5. The van der Waals surface area contributed by atoms with Crippen LogP contribution in [0.3, 0.4) is 0 Å². The second kappa shape index (κ2) is 13.0. The highest BCUT2D eigenvalue weighted by atomic mass is 16.6. The molecule has 0 amide bonds. The minimum atomic E-state index is -0.458. The quantitative estimate of drug-likeness (QED) is 0.182. The fourth-order valence-corrected chi connectivity index (χ4v) is 3.84. The topological polar surface area (TPSA) is 83.6 Å². The maximum atomic E-state index is 13.4. The summed E-state index contributed by atoms with van der Waals surface area (Å²) in [6.07, 6.45) is 8.12. The lowest BCUT2D eigenvalue weighted by Gasteiger charge is -2.19. The molecule has 0 saturated heterocycles. The lowest BCUT2D eigenvalue weighted by atomic mass is 10.1. The smallest absolute Gasteiger partial charge is 0.297 e. The van der Waals surface area contributed by atoms with Crippen LogP contribution in [0.1, 0.15) is 67.2 Å². The first-order chi connectivity index (χ1) is 16.2. The van der Waals surface area contributed by atoms with Gasteiger partial charge in [-0.1, -0.05) is 37.5 Å². The highest BCUT2D eigenvalue weighted by Crippen LogP contribution is 2.35. The molecule has 0 fully saturated rings. The number of aromatic nitrogens is 1. The monoisotopic (exact) mass is 470 g/mol. The van der Waals surface area contributed by atoms with Gasteiger partial charge in [-0.25, -0.2) is 0 Å². The number of pyridine rings is 1. The van der Waals surface area contributed by atoms with E-state index in [0.717, 1.165) is 25.7 Å². The first kappa shape index (κ1) is 27.2. The fourth-order valence-electron chi connectivity index (χ4n) is 3.84. The number of hydrogen-bond donors (Lipinski definition) is 0. The van der Waals surface area contributed by atoms with Gasteiger partial charge in [-0.2, -0.15) is 0 Å². The number of nitrogens with zero attached hydrogens (tertiary/aromatic N) is 2. The minimum Gasteiger partial charge on any atom is -0.485 e. The Bertz CT molecular complexity index is 1110. The van der Waals surface area contributed by atoms with Crippen molar-refractivity contribution in [3.05, 3.63) is 62.0 Å². The third-order valence-corrected chi connectivity index (χ3v) is 5.73. The molecule has 186 valence electrons. The Balaban J connectivity index is 2.48. The number of nitro benzene ring substituents is 1. The van der Waals surface area contributed by atoms with Crippen LogP contribution in [0.5, 0.6) is 11.5 Å². The fraction of sp³-hybridized carbons (Fsp3) is 0.519. The molecule has 34 heavy (non-hydrogen) atoms. The number of benzene rings is 1. The van der Waals surface area contributed by atoms with Gasteiger partial charge >= 0.3 is 0 Å². The van der Waals surface area contributed by atoms with Gasteiger partial charge in [0.05, 0.1) is 17.0 Å². The maximum absolute atomic E-state index is 13.4. The van der Waals surface area contributed by atoms with Crippen LogP contribution in [0.4, 0.5) is 5.69 Å². The van der Waals surface area contributed by atoms with Crippen LogP contribution in [0.25, 0.3) is 10.9 Å². The van der Waals surface area contributed by atoms with Crippen molar-refractivity contribution in [2.45, 2.75) is 73.8 Å². The van der Waals surface area contributed by atoms with Gasteiger partial charge in [-0.15, -0.1) is 0 Å². The average molecular weight is 471 g/mol. The van der Waals surface area contributed by atoms with E-state index in [1.165, 1.54) is 27.8 Å². The summed E-state index contributed by atoms with van der Waals surface area (Å²) < 4.78 is 13.7. The Morgan fingerprint density at radius 2 is 1.88 bits per heavy atom. The van der Waals surface area contributed by atoms with Gasteiger partial charge in [0.1, 0.15) is 6.61 Å². The standard InChI is InChI=1S/C27H38N2O5/c1-7-10-21(6)18-34-26-25(33-16-15-20(5)12-9-11-19(3)4)23-14-13-22(29(31)32)17-24(23)28(8-2)27(26)30/h11,13-15,17,21H,7-10,12,16,18H2,1-6H3/b20-15+. The van der Waals surface area contributed by atoms with Crippen molar-refractivity contribution >= 4 is 16.6 Å². The molecule has 7 nitrogen and oxygen atoms in total. The van der Waals surface area contributed by atoms with E-state index in [9.17, 15) is 14.9 Å². The molecule has 0 aliphatic heterocycles. The molecule has 0 aliphatic rings. The second-order valence-corrected chi connectivity index (χ2v) is 9.05. The highest BCUT2D eigenvalue weighted by molar-refractivity contribution is 5.89. The van der Waals surface area contributed by atoms with E-state index >= 15 is 0 Å². The van der Waals surface area contributed by atoms with E-state index in [1.54, 1.807) is 6.07 Å². The van der Waals surface area contributed by atoms with Gasteiger partial charge in [0.2, 0.25) is 5.75 Å². The number of rotatable bonds is 13. The Labute approximate surface area is 202 Å². The predicted molar refractivity (Wildman–Crippen MR) is 138 cm³/mol. The molecule has 0 bridgehead atoms. The zero-order valence-electron chi connectivity index (χ0n) is 21.3. The van der Waals surface area contributed by atoms with Crippen molar-refractivity contribution in [3.63, 3.8) is 0 Å². The second-order valence-electron chi connectivity index (χ2n) is 9.05. The molecule has 1 atom stereocenters. The Hall–Kier alpha value is -3.09. The molecule has 0 aliphatic carbocycles. The van der Waals surface area contributed by atoms with Gasteiger partial charge in [-0.05, 0) is 65.0 Å². The minimum absolute atomic E-state index is 0.0692. The molecule has 0 radical (unpaired) electrons. The summed E-state index contributed by atoms with van der Waals surface area (Å²) in [6.45, 7) is 13.3. The summed E-state index contributed by atoms with van der Waals surface area (Å²) in [5, 5.41) is 12.0. The summed E-state index contributed by atoms with van der Waals surface area (Å²) in [4.78, 5) is 24.2. The van der Waals surface area contributed by atoms with E-state index in [-0.39, 0.29) is 29.5 Å². The number of non-ortho nitro benzene ring substituents is 1. The molecule has 1 heterocycles. The molecule has 0 spiro atoms. The SMILES string of the molecule is CCCC(C)COc1c(OC/C=C(\C)CCC=C(C)C)c2ccc([N+](=O)[O-])cc2n(CC)c1=O. The molecular weight excluding hydrogens is 432 g/mol. The van der Waals surface area contributed by atoms with E-state index in [1.807, 2.05) is 13.0 Å². The number of aryl methyl sites for hydroxylation is 1. The first-order valence-electron chi connectivity index (χ1n) is 12.1. The molecule has 1 unspecified atom stereocenters. The van der Waals surface area contributed by atoms with Crippen molar-refractivity contribution in [2.24, 2.45) is 5.92 Å². The summed E-state index contributed by atoms with van der Waals surface area (Å²) in [5.41, 5.74) is 2.55. The third-order valence-electron chi connectivity index (χ3n) is 5.73. The highest BCUT2D eigenvalue weighted by Gasteiger charge is 2.22. The van der Waals surface area contributed by atoms with Gasteiger partial charge in [0.15, 0.2) is 5.75 Å². The number of allylic oxidation sites excluding steroid dienone is 3. The first-order valence-corrected chi connectivity index (χ1v) is 12.1. The van der Waals surface area contributed by atoms with Crippen LogP contribution >= 0.6 is 0 Å². The van der Waals surface area contributed by atoms with Crippen LogP contribution in [-0.4, -0.2) is 22.7 Å². The number of nitro groups is 1. The van der Waals surface area contributed by atoms with Gasteiger partial charge in [0.25, 0.3) is 11.2 Å². The number of hydrogen-bond acceptors (Lipinski definition) is 5. The van der Waals surface area contributed by atoms with Crippen LogP contribution in [-0.2, 0) is 6.54 Å². The zero-order chi connectivity index (χ0) is 25.3. The molecule has 0 saturated carbocycles. The van der Waals surface area contributed by atoms with E-state index in [4.69, 9.17) is 9.47 Å². The third kappa shape index (κ3) is 7.20. The molecule has 0 N–H and O–H groups in total. The van der Waals surface area contributed by atoms with Gasteiger partial charge in [0, 0.05) is 24.1 Å². The molecule has 2 rings (SSSR count). The van der Waals surface area contributed by atoms with E-state index in [0.29, 0.717) is 29.8 Å². The number of ether oxygens (including phenoxy) is 2. The molecule has 2 aromatic rings. The summed E-state index contributed by atoms with van der Waals surface area (Å²) >= 11 is 0. The van der Waals surface area contributed by atoms with E-state index < -0.39 is 4.92 Å². The predicted octanol–water partition coefficient (Wildman–Crippen LogP) is 6.82. The summed E-state index contributed by atoms with van der Waals surface area (Å²) in [7, 11) is 0. The van der Waals surface area contributed by atoms with Crippen LogP contribution in [0, 0.1) is 16.0 Å². The Morgan fingerprint density at radius 1 is 1.15 bits per heavy atom. The molecule has 1 aromatic heterocycles. The van der Waals surface area contributed by atoms with Crippen LogP contribution < -0.4 is 15.0 Å². The van der Waals surface area contributed by atoms with E-state index in [2.05, 4.69) is 40.7 Å². The van der Waals surface area contributed by atoms with Gasteiger partial charge < -0.3 is 14.0 Å². The largest absolute Gasteiger partial charge is 0.485 e. The summed E-state index contributed by atoms with van der Waals surface area (Å²) in [6, 6.07) is 4.50. The van der Waals surface area contributed by atoms with Crippen molar-refractivity contribution in [1.29, 1.82) is 0 Å². The zero-order valence-corrected chi connectivity index (χ0v) is 21.3. The normalized spacial score (nSPS) is 12.5. The Kier molecular flexibility index (Phi) is 10.4. The average Bonchev–Trinajstić information content (AvgIpc) is 2.78. The Morgan fingerprint density at radius 3 is 2.50 bits per heavy atom. The maximum Gasteiger partial charge on any atom is 0.297 e. The van der Waals surface area contributed by atoms with Gasteiger partial charge in [-0.3, -0.25) is 14.9 Å². The molecule has 1 aromatic carbocycles. The van der Waals surface area contributed by atoms with Crippen molar-refractivity contribution in [3.8, 4) is 11.5 Å². The van der Waals surface area contributed by atoms with Crippen molar-refractivity contribution in [2.75, 3.05) is 13.2 Å². The summed E-state index contributed by atoms with van der Waals surface area (Å²) in [5.74, 6) is 0.801. The number of fused-ring (bicyclic) bond motifs is 1. The van der Waals surface area contributed by atoms with Crippen LogP contribution in [0.15, 0.2) is 46.3 Å². The van der Waals surface area contributed by atoms with Crippen molar-refractivity contribution < 1.29 is 14.4 Å². The van der Waals surface area contributed by atoms with Crippen LogP contribution in [0.2, 0.25) is 0 Å². The lowest BCUT2D eigenvalue weighted by Crippen LogP contribution is -2.24.